The molecule has 0 bridgehead atoms. The van der Waals surface area contributed by atoms with Crippen molar-refractivity contribution < 1.29 is 79.4 Å². The van der Waals surface area contributed by atoms with E-state index in [0.717, 1.165) is 17.7 Å². The highest BCUT2D eigenvalue weighted by molar-refractivity contribution is 7.99. The van der Waals surface area contributed by atoms with Gasteiger partial charge in [0.25, 0.3) is 0 Å². The second-order valence-corrected chi connectivity index (χ2v) is 11.6. The van der Waals surface area contributed by atoms with Gasteiger partial charge in [0, 0.05) is 22.6 Å². The van der Waals surface area contributed by atoms with Crippen LogP contribution >= 0.6 is 11.8 Å². The first-order valence-electron chi connectivity index (χ1n) is 13.3. The number of ketones is 1. The standard InChI is InChI=1S/C28H24F17NOS/c1-3-20(46-2,15-16-7-5-4-6-8-16)19(47)17-9-11-18(12-10-17)48-14-13-21(29,30)22(31,32)23(33,34)24(35,36)25(37,38)26(39,40)27(41,42)28(43,44)45/h4-12,46H,3,13-15H2,1-2H3. The van der Waals surface area contributed by atoms with Crippen molar-refractivity contribution in [2.75, 3.05) is 12.8 Å². The van der Waals surface area contributed by atoms with Crippen LogP contribution < -0.4 is 5.32 Å². The number of likely N-dealkylation sites (N-methyl/N-ethyl adjacent to an activating group) is 1. The van der Waals surface area contributed by atoms with Crippen LogP contribution in [0.25, 0.3) is 0 Å². The van der Waals surface area contributed by atoms with E-state index in [1.165, 1.54) is 19.2 Å². The predicted octanol–water partition coefficient (Wildman–Crippen LogP) is 9.97. The van der Waals surface area contributed by atoms with E-state index in [1.54, 1.807) is 37.3 Å². The summed E-state index contributed by atoms with van der Waals surface area (Å²) in [6, 6.07) is 13.3. The van der Waals surface area contributed by atoms with E-state index in [4.69, 9.17) is 0 Å². The molecule has 20 heteroatoms. The monoisotopic (exact) mass is 745 g/mol. The van der Waals surface area contributed by atoms with Crippen LogP contribution in [0.2, 0.25) is 0 Å². The van der Waals surface area contributed by atoms with Crippen LogP contribution in [0.3, 0.4) is 0 Å². The summed E-state index contributed by atoms with van der Waals surface area (Å²) in [6.45, 7) is 1.71. The summed E-state index contributed by atoms with van der Waals surface area (Å²) < 4.78 is 229. The molecule has 2 rings (SSSR count). The highest BCUT2D eigenvalue weighted by Crippen LogP contribution is 2.64. The number of nitrogens with one attached hydrogen (secondary N) is 1. The summed E-state index contributed by atoms with van der Waals surface area (Å²) in [7, 11) is 1.52. The maximum atomic E-state index is 14.2. The van der Waals surface area contributed by atoms with Crippen molar-refractivity contribution in [2.45, 2.75) is 84.3 Å². The van der Waals surface area contributed by atoms with E-state index in [1.807, 2.05) is 0 Å². The first-order valence-corrected chi connectivity index (χ1v) is 14.2. The molecule has 0 saturated heterocycles. The highest BCUT2D eigenvalue weighted by Gasteiger charge is 2.95. The van der Waals surface area contributed by atoms with Gasteiger partial charge in [-0.1, -0.05) is 49.4 Å². The Morgan fingerprint density at radius 3 is 1.48 bits per heavy atom. The topological polar surface area (TPSA) is 29.1 Å². The van der Waals surface area contributed by atoms with Gasteiger partial charge in [-0.25, -0.2) is 0 Å². The number of hydrogen-bond donors (Lipinski definition) is 1. The van der Waals surface area contributed by atoms with Gasteiger partial charge in [-0.05, 0) is 37.6 Å². The minimum absolute atomic E-state index is 0.0686. The number of carbonyl (C=O) groups excluding carboxylic acids is 1. The van der Waals surface area contributed by atoms with Gasteiger partial charge in [-0.15, -0.1) is 11.8 Å². The lowest BCUT2D eigenvalue weighted by Gasteiger charge is -2.42. The van der Waals surface area contributed by atoms with Crippen LogP contribution in [0.4, 0.5) is 74.6 Å². The SMILES string of the molecule is CCC(Cc1ccccc1)(NC)C(=O)c1ccc(SCCC(F)(F)C(F)(F)C(F)(F)C(F)(F)C(F)(F)C(F)(F)C(F)(F)C(F)(F)F)cc1. The van der Waals surface area contributed by atoms with Gasteiger partial charge >= 0.3 is 47.6 Å². The lowest BCUT2D eigenvalue weighted by Crippen LogP contribution is -2.74. The van der Waals surface area contributed by atoms with Gasteiger partial charge in [0.2, 0.25) is 0 Å². The molecule has 2 nitrogen and oxygen atoms in total. The molecule has 0 heterocycles. The molecule has 0 radical (unpaired) electrons. The van der Waals surface area contributed by atoms with E-state index in [9.17, 15) is 79.4 Å². The molecule has 1 unspecified atom stereocenters. The van der Waals surface area contributed by atoms with Gasteiger partial charge in [0.15, 0.2) is 5.78 Å². The molecule has 0 aromatic heterocycles. The Morgan fingerprint density at radius 2 is 1.06 bits per heavy atom. The molecule has 0 saturated carbocycles. The second-order valence-electron chi connectivity index (χ2n) is 10.4. The Bertz CT molecular complexity index is 1390. The molecule has 1 atom stereocenters. The van der Waals surface area contributed by atoms with Crippen molar-refractivity contribution in [2.24, 2.45) is 0 Å². The van der Waals surface area contributed by atoms with E-state index in [-0.39, 0.29) is 35.1 Å². The highest BCUT2D eigenvalue weighted by atomic mass is 32.2. The summed E-state index contributed by atoms with van der Waals surface area (Å²) >= 11 is 0.174. The predicted molar refractivity (Wildman–Crippen MR) is 139 cm³/mol. The Kier molecular flexibility index (Phi) is 11.6. The Hall–Kier alpha value is -2.77. The van der Waals surface area contributed by atoms with Crippen molar-refractivity contribution in [3.8, 4) is 0 Å². The quantitative estimate of drug-likeness (QED) is 0.105. The third-order valence-corrected chi connectivity index (χ3v) is 8.47. The largest absolute Gasteiger partial charge is 0.460 e. The number of rotatable bonds is 16. The lowest BCUT2D eigenvalue weighted by molar-refractivity contribution is -0.461. The number of benzene rings is 2. The Balaban J connectivity index is 2.25. The molecule has 1 N–H and O–H groups in total. The van der Waals surface area contributed by atoms with Crippen molar-refractivity contribution >= 4 is 17.5 Å². The van der Waals surface area contributed by atoms with Gasteiger partial charge in [0.05, 0.1) is 5.54 Å². The van der Waals surface area contributed by atoms with Gasteiger partial charge in [-0.2, -0.15) is 74.6 Å². The van der Waals surface area contributed by atoms with E-state index in [2.05, 4.69) is 5.32 Å². The van der Waals surface area contributed by atoms with Crippen LogP contribution in [0.15, 0.2) is 59.5 Å². The Labute approximate surface area is 265 Å². The van der Waals surface area contributed by atoms with Crippen molar-refractivity contribution in [1.29, 1.82) is 0 Å². The fourth-order valence-corrected chi connectivity index (χ4v) is 5.24. The normalized spacial score (nSPS) is 15.7. The molecule has 2 aromatic carbocycles. The number of carbonyl (C=O) groups is 1. The lowest BCUT2D eigenvalue weighted by atomic mass is 9.81. The molecule has 0 aliphatic carbocycles. The number of thioether (sulfide) groups is 1. The third-order valence-electron chi connectivity index (χ3n) is 7.45. The van der Waals surface area contributed by atoms with Crippen LogP contribution in [0.5, 0.6) is 0 Å². The molecule has 272 valence electrons. The minimum atomic E-state index is -8.65. The van der Waals surface area contributed by atoms with E-state index >= 15 is 0 Å². The maximum Gasteiger partial charge on any atom is 0.460 e. The molecule has 0 fully saturated rings. The van der Waals surface area contributed by atoms with Crippen molar-refractivity contribution in [1.82, 2.24) is 5.32 Å². The van der Waals surface area contributed by atoms with E-state index < -0.39 is 71.1 Å². The van der Waals surface area contributed by atoms with Crippen molar-refractivity contribution in [3.63, 3.8) is 0 Å². The first-order chi connectivity index (χ1) is 21.5. The smallest absolute Gasteiger partial charge is 0.307 e. The number of hydrogen-bond acceptors (Lipinski definition) is 3. The summed E-state index contributed by atoms with van der Waals surface area (Å²) in [5.41, 5.74) is -0.272. The van der Waals surface area contributed by atoms with Crippen molar-refractivity contribution in [3.05, 3.63) is 65.7 Å². The zero-order valence-corrected chi connectivity index (χ0v) is 25.1. The minimum Gasteiger partial charge on any atom is -0.307 e. The average Bonchev–Trinajstić information content (AvgIpc) is 2.99. The van der Waals surface area contributed by atoms with Crippen LogP contribution in [0.1, 0.15) is 35.7 Å². The summed E-state index contributed by atoms with van der Waals surface area (Å²) in [6.07, 6.45) is -9.82. The fraction of sp³-hybridized carbons (Fsp3) is 0.536. The molecule has 48 heavy (non-hydrogen) atoms. The summed E-state index contributed by atoms with van der Waals surface area (Å²) in [5, 5.41) is 2.95. The van der Waals surface area contributed by atoms with Crippen LogP contribution in [-0.2, 0) is 6.42 Å². The fourth-order valence-electron chi connectivity index (χ4n) is 4.32. The zero-order chi connectivity index (χ0) is 37.4. The van der Waals surface area contributed by atoms with Gasteiger partial charge < -0.3 is 5.32 Å². The molecular formula is C28H24F17NOS. The Morgan fingerprint density at radius 1 is 0.625 bits per heavy atom. The zero-order valence-electron chi connectivity index (χ0n) is 24.3. The average molecular weight is 746 g/mol. The van der Waals surface area contributed by atoms with Gasteiger partial charge in [-0.3, -0.25) is 4.79 Å². The second kappa shape index (κ2) is 13.5. The first kappa shape index (κ1) is 41.4. The maximum absolute atomic E-state index is 14.2. The molecule has 0 amide bonds. The number of Topliss-reactive ketones (excluding diaryl/α,β-unsaturated/α-hetero) is 1. The summed E-state index contributed by atoms with van der Waals surface area (Å²) in [5.74, 6) is -58.3. The summed E-state index contributed by atoms with van der Waals surface area (Å²) in [4.78, 5) is 13.2. The number of halogens is 17. The molecule has 0 aliphatic heterocycles. The molecular weight excluding hydrogens is 721 g/mol. The molecule has 0 spiro atoms. The molecule has 0 aliphatic rings. The third kappa shape index (κ3) is 6.83. The molecule has 2 aromatic rings. The van der Waals surface area contributed by atoms with Crippen LogP contribution in [-0.4, -0.2) is 71.8 Å². The van der Waals surface area contributed by atoms with E-state index in [0.29, 0.717) is 0 Å². The van der Waals surface area contributed by atoms with Crippen LogP contribution in [0, 0.1) is 0 Å². The number of alkyl halides is 17. The van der Waals surface area contributed by atoms with Gasteiger partial charge in [0.1, 0.15) is 0 Å².